The van der Waals surface area contributed by atoms with Crippen LogP contribution in [0.15, 0.2) is 60.7 Å². The first-order valence-electron chi connectivity index (χ1n) is 6.42. The molecule has 2 aromatic rings. The normalized spacial score (nSPS) is 11.7. The summed E-state index contributed by atoms with van der Waals surface area (Å²) in [6.07, 6.45) is -0.752. The van der Waals surface area contributed by atoms with E-state index in [4.69, 9.17) is 10.00 Å². The summed E-state index contributed by atoms with van der Waals surface area (Å²) >= 11 is 0. The molecular formula is C17H15NO2. The Morgan fingerprint density at radius 1 is 1.00 bits per heavy atom. The van der Waals surface area contributed by atoms with Crippen LogP contribution in [0.2, 0.25) is 0 Å². The maximum absolute atomic E-state index is 12.3. The average Bonchev–Trinajstić information content (AvgIpc) is 2.49. The van der Waals surface area contributed by atoms with Gasteiger partial charge in [-0.2, -0.15) is 5.26 Å². The summed E-state index contributed by atoms with van der Waals surface area (Å²) in [6, 6.07) is 20.8. The van der Waals surface area contributed by atoms with Gasteiger partial charge in [0.1, 0.15) is 12.0 Å². The molecule has 0 aromatic heterocycles. The molecule has 0 radical (unpaired) electrons. The third-order valence-electron chi connectivity index (χ3n) is 2.98. The van der Waals surface area contributed by atoms with Crippen molar-refractivity contribution in [3.63, 3.8) is 0 Å². The fraction of sp³-hybridized carbons (Fsp3) is 0.176. The minimum absolute atomic E-state index is 0.406. The van der Waals surface area contributed by atoms with Crippen molar-refractivity contribution >= 4 is 5.97 Å². The zero-order chi connectivity index (χ0) is 14.4. The molecule has 0 aliphatic heterocycles. The largest absolute Gasteiger partial charge is 0.447 e. The molecule has 0 saturated carbocycles. The van der Waals surface area contributed by atoms with Crippen molar-refractivity contribution < 1.29 is 9.53 Å². The highest BCUT2D eigenvalue weighted by molar-refractivity contribution is 5.82. The summed E-state index contributed by atoms with van der Waals surface area (Å²) in [7, 11) is 0. The minimum atomic E-state index is -0.752. The SMILES string of the molecule is C[C@@H](C#N)OC(=O)C(c1ccccc1)c1ccccc1. The van der Waals surface area contributed by atoms with E-state index >= 15 is 0 Å². The van der Waals surface area contributed by atoms with Gasteiger partial charge in [-0.15, -0.1) is 0 Å². The molecule has 0 heterocycles. The van der Waals surface area contributed by atoms with E-state index in [1.54, 1.807) is 6.92 Å². The molecule has 3 heteroatoms. The first kappa shape index (κ1) is 13.8. The van der Waals surface area contributed by atoms with Crippen molar-refractivity contribution in [2.75, 3.05) is 0 Å². The van der Waals surface area contributed by atoms with Crippen LogP contribution in [0.1, 0.15) is 24.0 Å². The summed E-state index contributed by atoms with van der Waals surface area (Å²) in [4.78, 5) is 12.3. The van der Waals surface area contributed by atoms with E-state index in [9.17, 15) is 4.79 Å². The molecule has 0 saturated heterocycles. The molecule has 0 N–H and O–H groups in total. The molecule has 0 bridgehead atoms. The molecule has 0 spiro atoms. The average molecular weight is 265 g/mol. The van der Waals surface area contributed by atoms with Crippen molar-refractivity contribution in [3.8, 4) is 6.07 Å². The second-order valence-electron chi connectivity index (χ2n) is 4.46. The van der Waals surface area contributed by atoms with Gasteiger partial charge in [0.25, 0.3) is 0 Å². The number of ether oxygens (including phenoxy) is 1. The van der Waals surface area contributed by atoms with Crippen LogP contribution in [0, 0.1) is 11.3 Å². The Bertz CT molecular complexity index is 562. The highest BCUT2D eigenvalue weighted by atomic mass is 16.5. The van der Waals surface area contributed by atoms with Crippen LogP contribution in [0.3, 0.4) is 0 Å². The van der Waals surface area contributed by atoms with Crippen LogP contribution in [-0.2, 0) is 9.53 Å². The van der Waals surface area contributed by atoms with Crippen LogP contribution in [0.25, 0.3) is 0 Å². The van der Waals surface area contributed by atoms with Gasteiger partial charge in [-0.3, -0.25) is 4.79 Å². The van der Waals surface area contributed by atoms with Gasteiger partial charge in [0, 0.05) is 0 Å². The highest BCUT2D eigenvalue weighted by Crippen LogP contribution is 2.26. The molecule has 2 aromatic carbocycles. The fourth-order valence-electron chi connectivity index (χ4n) is 2.02. The maximum Gasteiger partial charge on any atom is 0.319 e. The maximum atomic E-state index is 12.3. The van der Waals surface area contributed by atoms with E-state index in [1.165, 1.54) is 0 Å². The lowest BCUT2D eigenvalue weighted by Crippen LogP contribution is -2.21. The molecule has 20 heavy (non-hydrogen) atoms. The molecule has 0 unspecified atom stereocenters. The topological polar surface area (TPSA) is 50.1 Å². The van der Waals surface area contributed by atoms with E-state index in [2.05, 4.69) is 0 Å². The molecule has 100 valence electrons. The van der Waals surface area contributed by atoms with Gasteiger partial charge in [-0.05, 0) is 18.1 Å². The highest BCUT2D eigenvalue weighted by Gasteiger charge is 2.25. The van der Waals surface area contributed by atoms with Crippen LogP contribution in [0.4, 0.5) is 0 Å². The summed E-state index contributed by atoms with van der Waals surface area (Å²) in [5.74, 6) is -0.912. The van der Waals surface area contributed by atoms with Crippen molar-refractivity contribution in [3.05, 3.63) is 71.8 Å². The summed E-state index contributed by atoms with van der Waals surface area (Å²) in [5.41, 5.74) is 1.71. The molecule has 0 amide bonds. The van der Waals surface area contributed by atoms with Crippen molar-refractivity contribution in [1.82, 2.24) is 0 Å². The molecule has 0 aliphatic rings. The number of carbonyl (C=O) groups excluding carboxylic acids is 1. The summed E-state index contributed by atoms with van der Waals surface area (Å²) < 4.78 is 5.17. The second kappa shape index (κ2) is 6.53. The van der Waals surface area contributed by atoms with Gasteiger partial charge < -0.3 is 4.74 Å². The molecular weight excluding hydrogens is 250 g/mol. The quantitative estimate of drug-likeness (QED) is 0.797. The van der Waals surface area contributed by atoms with E-state index in [1.807, 2.05) is 66.7 Å². The molecule has 3 nitrogen and oxygen atoms in total. The fourth-order valence-corrected chi connectivity index (χ4v) is 2.02. The summed E-state index contributed by atoms with van der Waals surface area (Å²) in [6.45, 7) is 1.56. The zero-order valence-corrected chi connectivity index (χ0v) is 11.2. The van der Waals surface area contributed by atoms with Crippen LogP contribution < -0.4 is 0 Å². The monoisotopic (exact) mass is 265 g/mol. The van der Waals surface area contributed by atoms with Crippen molar-refractivity contribution in [1.29, 1.82) is 5.26 Å². The number of esters is 1. The van der Waals surface area contributed by atoms with Gasteiger partial charge >= 0.3 is 5.97 Å². The predicted molar refractivity (Wildman–Crippen MR) is 75.9 cm³/mol. The molecule has 1 atom stereocenters. The lowest BCUT2D eigenvalue weighted by Gasteiger charge is -2.17. The summed E-state index contributed by atoms with van der Waals surface area (Å²) in [5, 5.41) is 8.78. The lowest BCUT2D eigenvalue weighted by molar-refractivity contribution is -0.146. The Morgan fingerprint density at radius 3 is 1.85 bits per heavy atom. The Kier molecular flexibility index (Phi) is 4.52. The van der Waals surface area contributed by atoms with Crippen molar-refractivity contribution in [2.45, 2.75) is 18.9 Å². The Hall–Kier alpha value is -2.60. The van der Waals surface area contributed by atoms with Crippen molar-refractivity contribution in [2.24, 2.45) is 0 Å². The van der Waals surface area contributed by atoms with E-state index < -0.39 is 18.0 Å². The van der Waals surface area contributed by atoms with Gasteiger partial charge in [0.05, 0.1) is 0 Å². The van der Waals surface area contributed by atoms with Crippen LogP contribution in [0.5, 0.6) is 0 Å². The van der Waals surface area contributed by atoms with Crippen LogP contribution >= 0.6 is 0 Å². The Labute approximate surface area is 118 Å². The third kappa shape index (κ3) is 3.24. The molecule has 2 rings (SSSR count). The first-order valence-corrected chi connectivity index (χ1v) is 6.42. The first-order chi connectivity index (χ1) is 9.72. The van der Waals surface area contributed by atoms with E-state index in [0.717, 1.165) is 11.1 Å². The minimum Gasteiger partial charge on any atom is -0.447 e. The second-order valence-corrected chi connectivity index (χ2v) is 4.46. The van der Waals surface area contributed by atoms with Gasteiger partial charge in [0.2, 0.25) is 0 Å². The van der Waals surface area contributed by atoms with E-state index in [-0.39, 0.29) is 0 Å². The van der Waals surface area contributed by atoms with Gasteiger partial charge in [0.15, 0.2) is 6.10 Å². The number of nitriles is 1. The number of hydrogen-bond acceptors (Lipinski definition) is 3. The molecule has 0 aliphatic carbocycles. The predicted octanol–water partition coefficient (Wildman–Crippen LogP) is 3.27. The number of hydrogen-bond donors (Lipinski definition) is 0. The number of nitrogens with zero attached hydrogens (tertiary/aromatic N) is 1. The standard InChI is InChI=1S/C17H15NO2/c1-13(12-18)20-17(19)16(14-8-4-2-5-9-14)15-10-6-3-7-11-15/h2-11,13,16H,1H3/t13-/m0/s1. The molecule has 0 fully saturated rings. The van der Waals surface area contributed by atoms with Crippen LogP contribution in [-0.4, -0.2) is 12.1 Å². The third-order valence-corrected chi connectivity index (χ3v) is 2.98. The number of benzene rings is 2. The number of rotatable bonds is 4. The van der Waals surface area contributed by atoms with E-state index in [0.29, 0.717) is 0 Å². The Balaban J connectivity index is 2.36. The van der Waals surface area contributed by atoms with Gasteiger partial charge in [-0.25, -0.2) is 0 Å². The zero-order valence-electron chi connectivity index (χ0n) is 11.2. The van der Waals surface area contributed by atoms with Gasteiger partial charge in [-0.1, -0.05) is 60.7 Å². The Morgan fingerprint density at radius 2 is 1.45 bits per heavy atom. The number of carbonyl (C=O) groups is 1. The lowest BCUT2D eigenvalue weighted by atomic mass is 9.91. The smallest absolute Gasteiger partial charge is 0.319 e.